The van der Waals surface area contributed by atoms with Gasteiger partial charge in [-0.25, -0.2) is 0 Å². The van der Waals surface area contributed by atoms with Gasteiger partial charge in [0.05, 0.1) is 7.11 Å². The maximum Gasteiger partial charge on any atom is 0.128 e. The molecule has 0 saturated carbocycles. The summed E-state index contributed by atoms with van der Waals surface area (Å²) in [5.74, 6) is 0.944. The fourth-order valence-electron chi connectivity index (χ4n) is 2.50. The summed E-state index contributed by atoms with van der Waals surface area (Å²) in [4.78, 5) is 3.42. The van der Waals surface area contributed by atoms with Gasteiger partial charge in [-0.1, -0.05) is 6.07 Å². The highest BCUT2D eigenvalue weighted by Crippen LogP contribution is 2.35. The van der Waals surface area contributed by atoms with Crippen LogP contribution in [0.25, 0.3) is 10.9 Å². The van der Waals surface area contributed by atoms with Crippen molar-refractivity contribution in [2.75, 3.05) is 7.11 Å². The quantitative estimate of drug-likeness (QED) is 0.738. The van der Waals surface area contributed by atoms with Crippen molar-refractivity contribution in [1.29, 1.82) is 0 Å². The molecule has 78 valence electrons. The van der Waals surface area contributed by atoms with Crippen LogP contribution >= 0.6 is 0 Å². The predicted molar refractivity (Wildman–Crippen MR) is 60.2 cm³/mol. The minimum absolute atomic E-state index is 0.264. The Labute approximate surface area is 88.2 Å². The van der Waals surface area contributed by atoms with E-state index in [0.29, 0.717) is 0 Å². The number of nitrogens with two attached hydrogens (primary N) is 1. The van der Waals surface area contributed by atoms with Crippen molar-refractivity contribution in [1.82, 2.24) is 4.98 Å². The first-order valence-electron chi connectivity index (χ1n) is 5.21. The maximum atomic E-state index is 5.95. The Hall–Kier alpha value is -1.48. The summed E-state index contributed by atoms with van der Waals surface area (Å²) in [5, 5.41) is 1.21. The Morgan fingerprint density at radius 3 is 3.07 bits per heavy atom. The molecule has 0 radical (unpaired) electrons. The molecule has 0 bridgehead atoms. The van der Waals surface area contributed by atoms with E-state index in [1.165, 1.54) is 16.6 Å². The van der Waals surface area contributed by atoms with Crippen LogP contribution < -0.4 is 10.5 Å². The van der Waals surface area contributed by atoms with Gasteiger partial charge in [0, 0.05) is 29.1 Å². The van der Waals surface area contributed by atoms with Crippen LogP contribution in [0, 0.1) is 0 Å². The number of aromatic nitrogens is 1. The second-order valence-corrected chi connectivity index (χ2v) is 4.13. The van der Waals surface area contributed by atoms with Gasteiger partial charge in [0.1, 0.15) is 5.75 Å². The largest absolute Gasteiger partial charge is 0.496 e. The molecule has 3 rings (SSSR count). The molecule has 3 heteroatoms. The molecule has 1 aliphatic carbocycles. The van der Waals surface area contributed by atoms with Crippen LogP contribution in [0.4, 0.5) is 0 Å². The summed E-state index contributed by atoms with van der Waals surface area (Å²) in [6.45, 7) is 0. The molecule has 0 amide bonds. The van der Waals surface area contributed by atoms with Gasteiger partial charge >= 0.3 is 0 Å². The van der Waals surface area contributed by atoms with E-state index in [0.717, 1.165) is 24.1 Å². The Morgan fingerprint density at radius 2 is 2.27 bits per heavy atom. The molecule has 2 aromatic rings. The second-order valence-electron chi connectivity index (χ2n) is 4.13. The van der Waals surface area contributed by atoms with Crippen molar-refractivity contribution in [2.24, 2.45) is 5.73 Å². The van der Waals surface area contributed by atoms with Crippen molar-refractivity contribution in [2.45, 2.75) is 18.9 Å². The van der Waals surface area contributed by atoms with Crippen LogP contribution in [0.1, 0.15) is 11.3 Å². The third kappa shape index (κ3) is 1.16. The number of hydrogen-bond donors (Lipinski definition) is 2. The van der Waals surface area contributed by atoms with Crippen molar-refractivity contribution in [3.8, 4) is 5.75 Å². The lowest BCUT2D eigenvalue weighted by molar-refractivity contribution is 0.419. The number of nitrogens with one attached hydrogen (secondary N) is 1. The molecular weight excluding hydrogens is 188 g/mol. The second kappa shape index (κ2) is 3.00. The minimum Gasteiger partial charge on any atom is -0.496 e. The van der Waals surface area contributed by atoms with Crippen LogP contribution in [0.3, 0.4) is 0 Å². The Balaban J connectivity index is 2.31. The lowest BCUT2D eigenvalue weighted by Crippen LogP contribution is -2.19. The first-order valence-corrected chi connectivity index (χ1v) is 5.21. The summed E-state index contributed by atoms with van der Waals surface area (Å²) >= 11 is 0. The molecule has 0 saturated heterocycles. The molecule has 3 nitrogen and oxygen atoms in total. The van der Waals surface area contributed by atoms with E-state index in [4.69, 9.17) is 10.5 Å². The molecule has 1 atom stereocenters. The number of rotatable bonds is 1. The molecule has 3 N–H and O–H groups in total. The average molecular weight is 202 g/mol. The van der Waals surface area contributed by atoms with Gasteiger partial charge in [0.2, 0.25) is 0 Å². The van der Waals surface area contributed by atoms with E-state index in [2.05, 4.69) is 11.1 Å². The van der Waals surface area contributed by atoms with Gasteiger partial charge in [-0.2, -0.15) is 0 Å². The first-order chi connectivity index (χ1) is 7.29. The highest BCUT2D eigenvalue weighted by atomic mass is 16.5. The standard InChI is InChI=1S/C12H14N2O/c1-15-11-4-2-3-9-12(11)8-5-7(13)6-10(8)14-9/h2-4,7,14H,5-6,13H2,1H3. The van der Waals surface area contributed by atoms with E-state index in [9.17, 15) is 0 Å². The minimum atomic E-state index is 0.264. The molecule has 1 aromatic carbocycles. The zero-order valence-electron chi connectivity index (χ0n) is 8.71. The number of H-pyrrole nitrogens is 1. The van der Waals surface area contributed by atoms with Crippen LogP contribution in [0.5, 0.6) is 5.75 Å². The number of aromatic amines is 1. The summed E-state index contributed by atoms with van der Waals surface area (Å²) in [6.07, 6.45) is 1.91. The Bertz CT molecular complexity index is 516. The molecular formula is C12H14N2O. The third-order valence-corrected chi connectivity index (χ3v) is 3.13. The van der Waals surface area contributed by atoms with Crippen LogP contribution in [-0.2, 0) is 12.8 Å². The van der Waals surface area contributed by atoms with Gasteiger partial charge in [-0.3, -0.25) is 0 Å². The van der Waals surface area contributed by atoms with Crippen LogP contribution in [0.2, 0.25) is 0 Å². The summed E-state index contributed by atoms with van der Waals surface area (Å²) in [7, 11) is 1.71. The topological polar surface area (TPSA) is 51.0 Å². The highest BCUT2D eigenvalue weighted by molar-refractivity contribution is 5.91. The van der Waals surface area contributed by atoms with E-state index >= 15 is 0 Å². The van der Waals surface area contributed by atoms with Crippen molar-refractivity contribution < 1.29 is 4.74 Å². The van der Waals surface area contributed by atoms with E-state index in [1.807, 2.05) is 12.1 Å². The van der Waals surface area contributed by atoms with Gasteiger partial charge in [-0.05, 0) is 24.1 Å². The maximum absolute atomic E-state index is 5.95. The number of ether oxygens (including phenoxy) is 1. The third-order valence-electron chi connectivity index (χ3n) is 3.13. The van der Waals surface area contributed by atoms with Crippen molar-refractivity contribution in [3.63, 3.8) is 0 Å². The smallest absolute Gasteiger partial charge is 0.128 e. The first kappa shape index (κ1) is 8.80. The normalized spacial score (nSPS) is 19.5. The van der Waals surface area contributed by atoms with Gasteiger partial charge < -0.3 is 15.5 Å². The van der Waals surface area contributed by atoms with E-state index in [-0.39, 0.29) is 6.04 Å². The number of fused-ring (bicyclic) bond motifs is 3. The SMILES string of the molecule is COc1cccc2[nH]c3c(c12)CC(N)C3. The highest BCUT2D eigenvalue weighted by Gasteiger charge is 2.24. The number of benzene rings is 1. The number of hydrogen-bond acceptors (Lipinski definition) is 2. The van der Waals surface area contributed by atoms with E-state index in [1.54, 1.807) is 7.11 Å². The monoisotopic (exact) mass is 202 g/mol. The predicted octanol–water partition coefficient (Wildman–Crippen LogP) is 1.60. The Kier molecular flexibility index (Phi) is 1.76. The molecule has 1 unspecified atom stereocenters. The fourth-order valence-corrected chi connectivity index (χ4v) is 2.50. The van der Waals surface area contributed by atoms with Crippen molar-refractivity contribution >= 4 is 10.9 Å². The number of methoxy groups -OCH3 is 1. The molecule has 15 heavy (non-hydrogen) atoms. The molecule has 0 aliphatic heterocycles. The van der Waals surface area contributed by atoms with Crippen LogP contribution in [-0.4, -0.2) is 18.1 Å². The summed E-state index contributed by atoms with van der Waals surface area (Å²) in [5.41, 5.74) is 9.73. The molecule has 1 aromatic heterocycles. The molecule has 0 fully saturated rings. The van der Waals surface area contributed by atoms with Gasteiger partial charge in [0.25, 0.3) is 0 Å². The zero-order chi connectivity index (χ0) is 10.4. The molecule has 0 spiro atoms. The fraction of sp³-hybridized carbons (Fsp3) is 0.333. The van der Waals surface area contributed by atoms with E-state index < -0.39 is 0 Å². The van der Waals surface area contributed by atoms with Gasteiger partial charge in [-0.15, -0.1) is 0 Å². The Morgan fingerprint density at radius 1 is 1.40 bits per heavy atom. The summed E-state index contributed by atoms with van der Waals surface area (Å²) < 4.78 is 5.39. The molecule has 1 aliphatic rings. The van der Waals surface area contributed by atoms with Crippen molar-refractivity contribution in [3.05, 3.63) is 29.5 Å². The summed E-state index contributed by atoms with van der Waals surface area (Å²) in [6, 6.07) is 6.36. The lowest BCUT2D eigenvalue weighted by Gasteiger charge is -2.04. The molecule has 1 heterocycles. The zero-order valence-corrected chi connectivity index (χ0v) is 8.71. The lowest BCUT2D eigenvalue weighted by atomic mass is 10.1. The van der Waals surface area contributed by atoms with Crippen LogP contribution in [0.15, 0.2) is 18.2 Å². The van der Waals surface area contributed by atoms with Gasteiger partial charge in [0.15, 0.2) is 0 Å². The average Bonchev–Trinajstić information content (AvgIpc) is 2.72.